The van der Waals surface area contributed by atoms with E-state index in [0.717, 1.165) is 11.1 Å². The number of methoxy groups -OCH3 is 1. The lowest BCUT2D eigenvalue weighted by Gasteiger charge is -2.31. The van der Waals surface area contributed by atoms with Crippen LogP contribution in [0.3, 0.4) is 0 Å². The zero-order chi connectivity index (χ0) is 16.4. The van der Waals surface area contributed by atoms with Gasteiger partial charge in [0.25, 0.3) is 0 Å². The number of ether oxygens (including phenoxy) is 3. The fraction of sp³-hybridized carbons (Fsp3) is 0.167. The summed E-state index contributed by atoms with van der Waals surface area (Å²) in [6.45, 7) is 0.118. The minimum absolute atomic E-state index is 0.0168. The Morgan fingerprint density at radius 3 is 2.96 bits per heavy atom. The summed E-state index contributed by atoms with van der Waals surface area (Å²) < 4.78 is 16.4. The molecule has 0 radical (unpaired) electrons. The van der Waals surface area contributed by atoms with Crippen molar-refractivity contribution in [2.75, 3.05) is 13.9 Å². The summed E-state index contributed by atoms with van der Waals surface area (Å²) in [5.41, 5.74) is 3.26. The highest BCUT2D eigenvalue weighted by molar-refractivity contribution is 6.13. The van der Waals surface area contributed by atoms with Gasteiger partial charge in [-0.1, -0.05) is 0 Å². The van der Waals surface area contributed by atoms with Crippen LogP contribution in [0.25, 0.3) is 17.2 Å². The molecule has 0 aromatic heterocycles. The molecule has 2 N–H and O–H groups in total. The van der Waals surface area contributed by atoms with E-state index in [1.54, 1.807) is 12.3 Å². The number of carbonyl (C=O) groups excluding carboxylic acids is 1. The third kappa shape index (κ3) is 1.52. The van der Waals surface area contributed by atoms with Crippen molar-refractivity contribution in [3.8, 4) is 34.1 Å². The Bertz CT molecular complexity index is 947. The summed E-state index contributed by atoms with van der Waals surface area (Å²) in [5, 5.41) is 13.7. The average Bonchev–Trinajstić information content (AvgIpc) is 3.06. The van der Waals surface area contributed by atoms with Crippen LogP contribution in [0.2, 0.25) is 0 Å². The van der Waals surface area contributed by atoms with E-state index in [2.05, 4.69) is 5.32 Å². The molecule has 3 aliphatic rings. The van der Waals surface area contributed by atoms with Gasteiger partial charge >= 0.3 is 0 Å². The van der Waals surface area contributed by atoms with Gasteiger partial charge < -0.3 is 24.6 Å². The summed E-state index contributed by atoms with van der Waals surface area (Å²) in [6.07, 6.45) is 3.64. The Morgan fingerprint density at radius 1 is 1.25 bits per heavy atom. The van der Waals surface area contributed by atoms with Crippen LogP contribution in [0.5, 0.6) is 23.0 Å². The van der Waals surface area contributed by atoms with Crippen LogP contribution < -0.4 is 19.5 Å². The highest BCUT2D eigenvalue weighted by Crippen LogP contribution is 2.55. The van der Waals surface area contributed by atoms with Crippen LogP contribution >= 0.6 is 0 Å². The summed E-state index contributed by atoms with van der Waals surface area (Å²) in [7, 11) is 1.50. The quantitative estimate of drug-likeness (QED) is 0.840. The van der Waals surface area contributed by atoms with Crippen molar-refractivity contribution in [3.05, 3.63) is 41.1 Å². The normalized spacial score (nSPS) is 18.7. The highest BCUT2D eigenvalue weighted by Gasteiger charge is 2.40. The van der Waals surface area contributed by atoms with Crippen molar-refractivity contribution in [1.29, 1.82) is 0 Å². The Hall–Kier alpha value is -3.15. The predicted octanol–water partition coefficient (Wildman–Crippen LogP) is 2.61. The van der Waals surface area contributed by atoms with Crippen molar-refractivity contribution < 1.29 is 24.1 Å². The molecule has 0 saturated carbocycles. The predicted molar refractivity (Wildman–Crippen MR) is 85.5 cm³/mol. The summed E-state index contributed by atoms with van der Waals surface area (Å²) in [5.74, 6) is 1.47. The maximum Gasteiger partial charge on any atom is 0.231 e. The number of benzene rings is 2. The fourth-order valence-corrected chi connectivity index (χ4v) is 3.63. The van der Waals surface area contributed by atoms with Crippen molar-refractivity contribution in [2.24, 2.45) is 0 Å². The van der Waals surface area contributed by atoms with Gasteiger partial charge in [-0.15, -0.1) is 0 Å². The Labute approximate surface area is 137 Å². The number of carbonyl (C=O) groups is 1. The van der Waals surface area contributed by atoms with Gasteiger partial charge in [0.15, 0.2) is 17.3 Å². The van der Waals surface area contributed by atoms with Gasteiger partial charge in [-0.2, -0.15) is 0 Å². The smallest absolute Gasteiger partial charge is 0.231 e. The van der Waals surface area contributed by atoms with E-state index in [1.165, 1.54) is 13.2 Å². The maximum absolute atomic E-state index is 13.0. The molecule has 5 rings (SSSR count). The van der Waals surface area contributed by atoms with Gasteiger partial charge in [-0.3, -0.25) is 4.79 Å². The number of nitrogens with one attached hydrogen (secondary N) is 1. The van der Waals surface area contributed by atoms with Crippen molar-refractivity contribution >= 4 is 11.9 Å². The monoisotopic (exact) mass is 323 g/mol. The van der Waals surface area contributed by atoms with E-state index < -0.39 is 6.04 Å². The lowest BCUT2D eigenvalue weighted by Crippen LogP contribution is -2.31. The molecule has 6 nitrogen and oxygen atoms in total. The molecule has 2 heterocycles. The third-order valence-electron chi connectivity index (χ3n) is 4.65. The van der Waals surface area contributed by atoms with E-state index >= 15 is 0 Å². The van der Waals surface area contributed by atoms with Crippen LogP contribution in [-0.2, 0) is 0 Å². The van der Waals surface area contributed by atoms with Crippen molar-refractivity contribution in [3.63, 3.8) is 0 Å². The molecule has 2 aromatic rings. The van der Waals surface area contributed by atoms with Gasteiger partial charge in [0, 0.05) is 28.3 Å². The lowest BCUT2D eigenvalue weighted by atomic mass is 9.77. The van der Waals surface area contributed by atoms with Gasteiger partial charge in [-0.05, 0) is 30.0 Å². The number of ketones is 1. The molecule has 0 spiro atoms. The minimum atomic E-state index is -0.520. The van der Waals surface area contributed by atoms with E-state index in [4.69, 9.17) is 14.2 Å². The SMILES string of the molecule is COc1cc(O)c2c(c1)C(=O)[C@@H]1NC=Cc3cc4c(c-2c31)OCO4. The first kappa shape index (κ1) is 13.3. The molecular formula is C18H13NO5. The van der Waals surface area contributed by atoms with Crippen LogP contribution in [0, 0.1) is 0 Å². The van der Waals surface area contributed by atoms with E-state index in [-0.39, 0.29) is 18.3 Å². The Kier molecular flexibility index (Phi) is 2.46. The van der Waals surface area contributed by atoms with Crippen LogP contribution in [-0.4, -0.2) is 24.8 Å². The number of hydrogen-bond acceptors (Lipinski definition) is 6. The number of aromatic hydroxyl groups is 1. The zero-order valence-corrected chi connectivity index (χ0v) is 12.8. The molecule has 2 aliphatic heterocycles. The van der Waals surface area contributed by atoms with Crippen molar-refractivity contribution in [1.82, 2.24) is 5.32 Å². The molecule has 0 amide bonds. The first-order valence-electron chi connectivity index (χ1n) is 7.53. The van der Waals surface area contributed by atoms with Gasteiger partial charge in [0.2, 0.25) is 6.79 Å². The largest absolute Gasteiger partial charge is 0.507 e. The van der Waals surface area contributed by atoms with Crippen LogP contribution in [0.4, 0.5) is 0 Å². The molecule has 0 bridgehead atoms. The minimum Gasteiger partial charge on any atom is -0.507 e. The number of phenolic OH excluding ortho intramolecular Hbond substituents is 1. The topological polar surface area (TPSA) is 77.0 Å². The first-order valence-corrected chi connectivity index (χ1v) is 7.53. The van der Waals surface area contributed by atoms with Gasteiger partial charge in [0.1, 0.15) is 17.5 Å². The number of rotatable bonds is 1. The first-order chi connectivity index (χ1) is 11.7. The number of hydrogen-bond donors (Lipinski definition) is 2. The molecule has 120 valence electrons. The lowest BCUT2D eigenvalue weighted by molar-refractivity contribution is 0.0946. The molecule has 0 fully saturated rings. The van der Waals surface area contributed by atoms with E-state index in [0.29, 0.717) is 33.9 Å². The average molecular weight is 323 g/mol. The van der Waals surface area contributed by atoms with Gasteiger partial charge in [0.05, 0.1) is 7.11 Å². The van der Waals surface area contributed by atoms with Crippen LogP contribution in [0.15, 0.2) is 24.4 Å². The molecule has 2 aromatic carbocycles. The van der Waals surface area contributed by atoms with Crippen molar-refractivity contribution in [2.45, 2.75) is 6.04 Å². The summed E-state index contributed by atoms with van der Waals surface area (Å²) in [6, 6.07) is 4.49. The molecule has 0 unspecified atom stereocenters. The summed E-state index contributed by atoms with van der Waals surface area (Å²) >= 11 is 0. The Morgan fingerprint density at radius 2 is 2.12 bits per heavy atom. The second kappa shape index (κ2) is 4.44. The van der Waals surface area contributed by atoms with E-state index in [1.807, 2.05) is 12.1 Å². The number of phenols is 1. The van der Waals surface area contributed by atoms with Crippen LogP contribution in [0.1, 0.15) is 27.5 Å². The highest BCUT2D eigenvalue weighted by atomic mass is 16.7. The molecule has 6 heteroatoms. The standard InChI is InChI=1S/C18H13NO5/c1-22-9-5-10-14(11(20)6-9)15-13-8(2-3-19-16(13)17(10)21)4-12-18(15)24-7-23-12/h2-6,16,19-20H,7H2,1H3/t16-/m1/s1. The fourth-order valence-electron chi connectivity index (χ4n) is 3.63. The Balaban J connectivity index is 1.93. The molecule has 24 heavy (non-hydrogen) atoms. The maximum atomic E-state index is 13.0. The molecule has 1 atom stereocenters. The summed E-state index contributed by atoms with van der Waals surface area (Å²) in [4.78, 5) is 13.0. The number of Topliss-reactive ketones (excluding diaryl/α,β-unsaturated/α-hetero) is 1. The van der Waals surface area contributed by atoms with Gasteiger partial charge in [-0.25, -0.2) is 0 Å². The van der Waals surface area contributed by atoms with E-state index in [9.17, 15) is 9.90 Å². The third-order valence-corrected chi connectivity index (χ3v) is 4.65. The molecule has 0 saturated heterocycles. The zero-order valence-electron chi connectivity index (χ0n) is 12.8. The second-order valence-electron chi connectivity index (χ2n) is 5.85. The number of fused-ring (bicyclic) bond motifs is 4. The molecular weight excluding hydrogens is 310 g/mol. The molecule has 1 aliphatic carbocycles. The second-order valence-corrected chi connectivity index (χ2v) is 5.85.